The van der Waals surface area contributed by atoms with Gasteiger partial charge in [0.05, 0.1) is 4.92 Å². The van der Waals surface area contributed by atoms with Crippen molar-refractivity contribution in [2.75, 3.05) is 6.54 Å². The molecule has 0 saturated heterocycles. The van der Waals surface area contributed by atoms with E-state index in [1.54, 1.807) is 12.1 Å². The maximum absolute atomic E-state index is 11.8. The third kappa shape index (κ3) is 4.24. The maximum atomic E-state index is 11.8. The summed E-state index contributed by atoms with van der Waals surface area (Å²) < 4.78 is 11.8. The van der Waals surface area contributed by atoms with Crippen LogP contribution in [0.15, 0.2) is 24.3 Å². The van der Waals surface area contributed by atoms with Gasteiger partial charge in [0.15, 0.2) is 0 Å². The highest BCUT2D eigenvalue weighted by Gasteiger charge is 2.11. The minimum atomic E-state index is -0.983. The second kappa shape index (κ2) is 6.46. The van der Waals surface area contributed by atoms with Gasteiger partial charge in [0.2, 0.25) is 0 Å². The standard InChI is InChI=1S/C11H16N2O3S/c1-9(6-7-12)17(16)8-10-2-4-11(5-3-10)13(14)15/h2-5,9H,6-8,12H2,1H3. The molecule has 5 nitrogen and oxygen atoms in total. The van der Waals surface area contributed by atoms with E-state index in [0.29, 0.717) is 12.3 Å². The Morgan fingerprint density at radius 1 is 1.41 bits per heavy atom. The summed E-state index contributed by atoms with van der Waals surface area (Å²) in [6.45, 7) is 2.42. The molecular weight excluding hydrogens is 240 g/mol. The molecule has 1 aromatic carbocycles. The fraction of sp³-hybridized carbons (Fsp3) is 0.455. The zero-order valence-electron chi connectivity index (χ0n) is 9.67. The largest absolute Gasteiger partial charge is 0.330 e. The monoisotopic (exact) mass is 256 g/mol. The molecule has 2 unspecified atom stereocenters. The van der Waals surface area contributed by atoms with Crippen molar-refractivity contribution in [3.8, 4) is 0 Å². The van der Waals surface area contributed by atoms with Crippen molar-refractivity contribution in [2.24, 2.45) is 5.73 Å². The van der Waals surface area contributed by atoms with Crippen molar-refractivity contribution in [2.45, 2.75) is 24.3 Å². The van der Waals surface area contributed by atoms with Crippen LogP contribution in [-0.4, -0.2) is 20.9 Å². The van der Waals surface area contributed by atoms with Gasteiger partial charge in [0.25, 0.3) is 5.69 Å². The van der Waals surface area contributed by atoms with Gasteiger partial charge in [-0.1, -0.05) is 19.1 Å². The molecule has 0 heterocycles. The molecular formula is C11H16N2O3S. The third-order valence-electron chi connectivity index (χ3n) is 2.48. The van der Waals surface area contributed by atoms with E-state index in [-0.39, 0.29) is 10.9 Å². The van der Waals surface area contributed by atoms with Gasteiger partial charge in [0.1, 0.15) is 0 Å². The van der Waals surface area contributed by atoms with E-state index in [0.717, 1.165) is 12.0 Å². The van der Waals surface area contributed by atoms with E-state index in [9.17, 15) is 14.3 Å². The van der Waals surface area contributed by atoms with E-state index < -0.39 is 15.7 Å². The van der Waals surface area contributed by atoms with E-state index in [4.69, 9.17) is 5.73 Å². The van der Waals surface area contributed by atoms with Crippen molar-refractivity contribution >= 4 is 16.5 Å². The first-order valence-electron chi connectivity index (χ1n) is 5.35. The van der Waals surface area contributed by atoms with E-state index in [2.05, 4.69) is 0 Å². The molecule has 6 heteroatoms. The minimum Gasteiger partial charge on any atom is -0.330 e. The Morgan fingerprint density at radius 2 is 2.00 bits per heavy atom. The Morgan fingerprint density at radius 3 is 2.47 bits per heavy atom. The quantitative estimate of drug-likeness (QED) is 0.618. The number of nitrogens with two attached hydrogens (primary N) is 1. The van der Waals surface area contributed by atoms with Crippen LogP contribution < -0.4 is 5.73 Å². The predicted molar refractivity (Wildman–Crippen MR) is 68.1 cm³/mol. The molecule has 2 atom stereocenters. The number of hydrogen-bond donors (Lipinski definition) is 1. The molecule has 0 aliphatic rings. The lowest BCUT2D eigenvalue weighted by Gasteiger charge is -2.09. The van der Waals surface area contributed by atoms with E-state index in [1.165, 1.54) is 12.1 Å². The highest BCUT2D eigenvalue weighted by molar-refractivity contribution is 7.84. The van der Waals surface area contributed by atoms with Gasteiger partial charge in [-0.2, -0.15) is 0 Å². The second-order valence-electron chi connectivity index (χ2n) is 3.84. The van der Waals surface area contributed by atoms with Gasteiger partial charge in [-0.25, -0.2) is 0 Å². The van der Waals surface area contributed by atoms with Crippen LogP contribution >= 0.6 is 0 Å². The average molecular weight is 256 g/mol. The van der Waals surface area contributed by atoms with Gasteiger partial charge in [-0.15, -0.1) is 0 Å². The van der Waals surface area contributed by atoms with Crippen LogP contribution in [0, 0.1) is 10.1 Å². The molecule has 2 N–H and O–H groups in total. The Labute approximate surface area is 103 Å². The molecule has 0 aliphatic carbocycles. The zero-order chi connectivity index (χ0) is 12.8. The SMILES string of the molecule is CC(CCN)S(=O)Cc1ccc([N+](=O)[O-])cc1. The first-order chi connectivity index (χ1) is 8.04. The smallest absolute Gasteiger partial charge is 0.269 e. The van der Waals surface area contributed by atoms with Crippen molar-refractivity contribution < 1.29 is 9.13 Å². The number of rotatable bonds is 6. The van der Waals surface area contributed by atoms with Gasteiger partial charge < -0.3 is 5.73 Å². The predicted octanol–water partition coefficient (Wildman–Crippen LogP) is 1.58. The molecule has 0 saturated carbocycles. The van der Waals surface area contributed by atoms with Crippen LogP contribution in [0.5, 0.6) is 0 Å². The molecule has 17 heavy (non-hydrogen) atoms. The third-order valence-corrected chi connectivity index (χ3v) is 4.23. The molecule has 94 valence electrons. The highest BCUT2D eigenvalue weighted by atomic mass is 32.2. The Hall–Kier alpha value is -1.27. The lowest BCUT2D eigenvalue weighted by Crippen LogP contribution is -2.17. The molecule has 0 spiro atoms. The van der Waals surface area contributed by atoms with Crippen LogP contribution in [0.1, 0.15) is 18.9 Å². The Bertz CT molecular complexity index is 406. The van der Waals surface area contributed by atoms with Gasteiger partial charge in [-0.3, -0.25) is 14.3 Å². The van der Waals surface area contributed by atoms with Gasteiger partial charge >= 0.3 is 0 Å². The maximum Gasteiger partial charge on any atom is 0.269 e. The number of nitro benzene ring substituents is 1. The van der Waals surface area contributed by atoms with Crippen LogP contribution in [0.25, 0.3) is 0 Å². The first-order valence-corrected chi connectivity index (χ1v) is 6.73. The van der Waals surface area contributed by atoms with Crippen molar-refractivity contribution in [3.05, 3.63) is 39.9 Å². The van der Waals surface area contributed by atoms with Crippen molar-refractivity contribution in [1.29, 1.82) is 0 Å². The van der Waals surface area contributed by atoms with Gasteiger partial charge in [0, 0.05) is 33.9 Å². The summed E-state index contributed by atoms with van der Waals surface area (Å²) in [5, 5.41) is 10.5. The summed E-state index contributed by atoms with van der Waals surface area (Å²) in [6.07, 6.45) is 0.722. The molecule has 1 aromatic rings. The molecule has 0 aromatic heterocycles. The number of nitro groups is 1. The fourth-order valence-electron chi connectivity index (χ4n) is 1.39. The number of benzene rings is 1. The van der Waals surface area contributed by atoms with Crippen molar-refractivity contribution in [3.63, 3.8) is 0 Å². The highest BCUT2D eigenvalue weighted by Crippen LogP contribution is 2.14. The molecule has 0 fully saturated rings. The molecule has 0 bridgehead atoms. The lowest BCUT2D eigenvalue weighted by atomic mass is 10.2. The Kier molecular flexibility index (Phi) is 5.24. The zero-order valence-corrected chi connectivity index (χ0v) is 10.5. The van der Waals surface area contributed by atoms with Gasteiger partial charge in [-0.05, 0) is 18.5 Å². The van der Waals surface area contributed by atoms with E-state index >= 15 is 0 Å². The molecule has 1 rings (SSSR count). The van der Waals surface area contributed by atoms with Crippen LogP contribution in [0.4, 0.5) is 5.69 Å². The molecule has 0 amide bonds. The van der Waals surface area contributed by atoms with Crippen LogP contribution in [-0.2, 0) is 16.6 Å². The number of nitrogens with zero attached hydrogens (tertiary/aromatic N) is 1. The summed E-state index contributed by atoms with van der Waals surface area (Å²) >= 11 is 0. The number of non-ortho nitro benzene ring substituents is 1. The summed E-state index contributed by atoms with van der Waals surface area (Å²) in [5.74, 6) is 0.416. The minimum absolute atomic E-state index is 0.0505. The number of hydrogen-bond acceptors (Lipinski definition) is 4. The summed E-state index contributed by atoms with van der Waals surface area (Å²) in [5.41, 5.74) is 6.30. The summed E-state index contributed by atoms with van der Waals surface area (Å²) in [7, 11) is -0.983. The summed E-state index contributed by atoms with van der Waals surface area (Å²) in [6, 6.07) is 6.15. The average Bonchev–Trinajstić information content (AvgIpc) is 2.30. The molecule has 0 radical (unpaired) electrons. The topological polar surface area (TPSA) is 86.2 Å². The lowest BCUT2D eigenvalue weighted by molar-refractivity contribution is -0.384. The van der Waals surface area contributed by atoms with Crippen LogP contribution in [0.3, 0.4) is 0 Å². The first kappa shape index (κ1) is 13.8. The normalized spacial score (nSPS) is 14.2. The second-order valence-corrected chi connectivity index (χ2v) is 5.69. The Balaban J connectivity index is 2.63. The molecule has 0 aliphatic heterocycles. The summed E-state index contributed by atoms with van der Waals surface area (Å²) in [4.78, 5) is 10.0. The van der Waals surface area contributed by atoms with Crippen LogP contribution in [0.2, 0.25) is 0 Å². The van der Waals surface area contributed by atoms with E-state index in [1.807, 2.05) is 6.92 Å². The van der Waals surface area contributed by atoms with Crippen molar-refractivity contribution in [1.82, 2.24) is 0 Å². The fourth-order valence-corrected chi connectivity index (χ4v) is 2.59.